The summed E-state index contributed by atoms with van der Waals surface area (Å²) in [6, 6.07) is 12.3. The van der Waals surface area contributed by atoms with E-state index in [-0.39, 0.29) is 18.4 Å². The van der Waals surface area contributed by atoms with Gasteiger partial charge in [0, 0.05) is 27.7 Å². The molecule has 186 valence electrons. The highest BCUT2D eigenvalue weighted by Crippen LogP contribution is 2.43. The third kappa shape index (κ3) is 4.99. The van der Waals surface area contributed by atoms with Gasteiger partial charge in [0.1, 0.15) is 11.4 Å². The molecule has 1 fully saturated rings. The molecule has 0 radical (unpaired) electrons. The first-order valence-corrected chi connectivity index (χ1v) is 12.6. The van der Waals surface area contributed by atoms with Gasteiger partial charge in [-0.25, -0.2) is 0 Å². The van der Waals surface area contributed by atoms with Crippen molar-refractivity contribution in [3.05, 3.63) is 75.0 Å². The number of benzene rings is 2. The molecule has 1 aliphatic heterocycles. The Labute approximate surface area is 218 Å². The molecule has 5 rings (SSSR count). The molecule has 2 amide bonds. The van der Waals surface area contributed by atoms with Crippen LogP contribution in [0.2, 0.25) is 10.0 Å². The molecule has 1 spiro atoms. The van der Waals surface area contributed by atoms with Crippen LogP contribution in [0.15, 0.2) is 47.5 Å². The molecule has 1 saturated carbocycles. The largest absolute Gasteiger partial charge is 0.345 e. The first kappa shape index (κ1) is 24.4. The van der Waals surface area contributed by atoms with Crippen LogP contribution in [0.1, 0.15) is 59.9 Å². The number of nitrogens with one attached hydrogen (secondary N) is 2. The number of rotatable bonds is 6. The average molecular weight is 526 g/mol. The predicted molar refractivity (Wildman–Crippen MR) is 136 cm³/mol. The summed E-state index contributed by atoms with van der Waals surface area (Å²) in [5.74, 6) is 0.468. The summed E-state index contributed by atoms with van der Waals surface area (Å²) in [5, 5.41) is 17.1. The van der Waals surface area contributed by atoms with E-state index in [1.54, 1.807) is 30.3 Å². The molecule has 2 N–H and O–H groups in total. The SMILES string of the molecule is C[C@H]1CCC[C@@]2(C1)N=C(c1cc(Cl)cc(Cl)c1)C(=O)N2Cc1ccc(C(=O)NCc2nn[nH]n2)cc1. The Bertz CT molecular complexity index is 1290. The summed E-state index contributed by atoms with van der Waals surface area (Å²) in [4.78, 5) is 33.1. The summed E-state index contributed by atoms with van der Waals surface area (Å²) in [7, 11) is 0. The van der Waals surface area contributed by atoms with Crippen molar-refractivity contribution in [1.29, 1.82) is 0 Å². The van der Waals surface area contributed by atoms with Crippen LogP contribution in [0, 0.1) is 5.92 Å². The molecule has 0 saturated heterocycles. The summed E-state index contributed by atoms with van der Waals surface area (Å²) in [5.41, 5.74) is 1.84. The molecule has 3 aromatic rings. The summed E-state index contributed by atoms with van der Waals surface area (Å²) < 4.78 is 0. The van der Waals surface area contributed by atoms with Gasteiger partial charge in [-0.05, 0) is 61.1 Å². The fourth-order valence-corrected chi connectivity index (χ4v) is 5.56. The normalized spacial score (nSPS) is 21.6. The van der Waals surface area contributed by atoms with Crippen molar-refractivity contribution >= 4 is 40.7 Å². The smallest absolute Gasteiger partial charge is 0.274 e. The van der Waals surface area contributed by atoms with Gasteiger partial charge in [-0.3, -0.25) is 14.6 Å². The molecule has 36 heavy (non-hydrogen) atoms. The van der Waals surface area contributed by atoms with E-state index in [2.05, 4.69) is 32.9 Å². The van der Waals surface area contributed by atoms with Crippen LogP contribution in [-0.2, 0) is 17.9 Å². The van der Waals surface area contributed by atoms with Crippen molar-refractivity contribution in [2.75, 3.05) is 0 Å². The molecule has 2 heterocycles. The van der Waals surface area contributed by atoms with Gasteiger partial charge < -0.3 is 10.2 Å². The number of hydrogen-bond donors (Lipinski definition) is 2. The third-order valence-corrected chi connectivity index (χ3v) is 7.15. The van der Waals surface area contributed by atoms with E-state index in [0.29, 0.717) is 45.2 Å². The Balaban J connectivity index is 1.37. The molecular formula is C25H25Cl2N7O2. The number of nitrogens with zero attached hydrogens (tertiary/aromatic N) is 5. The van der Waals surface area contributed by atoms with Gasteiger partial charge in [0.15, 0.2) is 5.82 Å². The molecule has 0 unspecified atom stereocenters. The zero-order valence-electron chi connectivity index (χ0n) is 19.7. The molecule has 2 aliphatic rings. The van der Waals surface area contributed by atoms with E-state index < -0.39 is 5.66 Å². The number of H-pyrrole nitrogens is 1. The van der Waals surface area contributed by atoms with E-state index in [0.717, 1.165) is 31.2 Å². The number of carbonyl (C=O) groups is 2. The number of aliphatic imine (C=N–C) groups is 1. The lowest BCUT2D eigenvalue weighted by atomic mass is 9.81. The fraction of sp³-hybridized carbons (Fsp3) is 0.360. The molecule has 9 nitrogen and oxygen atoms in total. The maximum Gasteiger partial charge on any atom is 0.274 e. The molecule has 0 bridgehead atoms. The number of carbonyl (C=O) groups excluding carboxylic acids is 2. The van der Waals surface area contributed by atoms with Crippen molar-refractivity contribution in [2.45, 2.75) is 51.4 Å². The average Bonchev–Trinajstić information content (AvgIpc) is 3.45. The van der Waals surface area contributed by atoms with Crippen LogP contribution >= 0.6 is 23.2 Å². The lowest BCUT2D eigenvalue weighted by molar-refractivity contribution is -0.130. The van der Waals surface area contributed by atoms with E-state index in [1.807, 2.05) is 17.0 Å². The van der Waals surface area contributed by atoms with Gasteiger partial charge in [-0.15, -0.1) is 10.2 Å². The number of halogens is 2. The summed E-state index contributed by atoms with van der Waals surface area (Å²) in [6.45, 7) is 2.76. The maximum absolute atomic E-state index is 13.7. The highest BCUT2D eigenvalue weighted by Gasteiger charge is 2.49. The van der Waals surface area contributed by atoms with Gasteiger partial charge in [0.2, 0.25) is 0 Å². The zero-order valence-corrected chi connectivity index (χ0v) is 21.2. The second-order valence-electron chi connectivity index (χ2n) is 9.40. The number of amides is 2. The minimum absolute atomic E-state index is 0.135. The first-order valence-electron chi connectivity index (χ1n) is 11.8. The van der Waals surface area contributed by atoms with Crippen molar-refractivity contribution in [2.24, 2.45) is 10.9 Å². The molecule has 11 heteroatoms. The Morgan fingerprint density at radius 3 is 2.61 bits per heavy atom. The number of tetrazole rings is 1. The van der Waals surface area contributed by atoms with Crippen LogP contribution in [0.3, 0.4) is 0 Å². The van der Waals surface area contributed by atoms with E-state index in [4.69, 9.17) is 28.2 Å². The highest BCUT2D eigenvalue weighted by atomic mass is 35.5. The Morgan fingerprint density at radius 1 is 1.19 bits per heavy atom. The summed E-state index contributed by atoms with van der Waals surface area (Å²) >= 11 is 12.5. The second kappa shape index (κ2) is 9.99. The summed E-state index contributed by atoms with van der Waals surface area (Å²) in [6.07, 6.45) is 3.72. The number of aromatic nitrogens is 4. The van der Waals surface area contributed by atoms with Crippen molar-refractivity contribution in [3.63, 3.8) is 0 Å². The van der Waals surface area contributed by atoms with E-state index in [1.165, 1.54) is 0 Å². The minimum Gasteiger partial charge on any atom is -0.345 e. The van der Waals surface area contributed by atoms with Crippen LogP contribution in [0.4, 0.5) is 0 Å². The molecule has 1 aromatic heterocycles. The van der Waals surface area contributed by atoms with Crippen LogP contribution in [0.25, 0.3) is 0 Å². The Morgan fingerprint density at radius 2 is 1.94 bits per heavy atom. The highest BCUT2D eigenvalue weighted by molar-refractivity contribution is 6.47. The number of hydrogen-bond acceptors (Lipinski definition) is 6. The minimum atomic E-state index is -0.598. The zero-order chi connectivity index (χ0) is 25.3. The topological polar surface area (TPSA) is 116 Å². The molecule has 2 atom stereocenters. The Hall–Kier alpha value is -3.30. The lowest BCUT2D eigenvalue weighted by Crippen LogP contribution is -2.48. The first-order chi connectivity index (χ1) is 17.3. The van der Waals surface area contributed by atoms with Gasteiger partial charge in [-0.1, -0.05) is 53.9 Å². The Kier molecular flexibility index (Phi) is 6.77. The van der Waals surface area contributed by atoms with E-state index in [9.17, 15) is 9.59 Å². The van der Waals surface area contributed by atoms with Crippen molar-refractivity contribution in [3.8, 4) is 0 Å². The second-order valence-corrected chi connectivity index (χ2v) is 10.3. The monoisotopic (exact) mass is 525 g/mol. The van der Waals surface area contributed by atoms with Gasteiger partial charge >= 0.3 is 0 Å². The van der Waals surface area contributed by atoms with Crippen molar-refractivity contribution < 1.29 is 9.59 Å². The molecule has 2 aromatic carbocycles. The van der Waals surface area contributed by atoms with Gasteiger partial charge in [-0.2, -0.15) is 5.21 Å². The van der Waals surface area contributed by atoms with Crippen LogP contribution < -0.4 is 5.32 Å². The quantitative estimate of drug-likeness (QED) is 0.500. The predicted octanol–water partition coefficient (Wildman–Crippen LogP) is 4.17. The fourth-order valence-electron chi connectivity index (χ4n) is 5.04. The van der Waals surface area contributed by atoms with Crippen molar-refractivity contribution in [1.82, 2.24) is 30.8 Å². The molecular weight excluding hydrogens is 501 g/mol. The third-order valence-electron chi connectivity index (χ3n) is 6.71. The van der Waals surface area contributed by atoms with Crippen LogP contribution in [0.5, 0.6) is 0 Å². The van der Waals surface area contributed by atoms with E-state index >= 15 is 0 Å². The standard InChI is InChI=1S/C25H25Cl2N7O2/c1-15-3-2-8-25(12-15)29-22(18-9-19(26)11-20(27)10-18)24(36)34(25)14-16-4-6-17(7-5-16)23(35)28-13-21-30-32-33-31-21/h4-7,9-11,15H,2-3,8,12-14H2,1H3,(H,28,35)(H,30,31,32,33)/t15-,25+/m0/s1. The molecule has 1 aliphatic carbocycles. The van der Waals surface area contributed by atoms with Gasteiger partial charge in [0.25, 0.3) is 11.8 Å². The number of aromatic amines is 1. The van der Waals surface area contributed by atoms with Gasteiger partial charge in [0.05, 0.1) is 6.54 Å². The maximum atomic E-state index is 13.7. The van der Waals surface area contributed by atoms with Crippen LogP contribution in [-0.4, -0.2) is 48.7 Å². The lowest BCUT2D eigenvalue weighted by Gasteiger charge is -2.41.